The van der Waals surface area contributed by atoms with Gasteiger partial charge < -0.3 is 0 Å². The van der Waals surface area contributed by atoms with E-state index >= 15 is 0 Å². The second kappa shape index (κ2) is 4.39. The lowest BCUT2D eigenvalue weighted by Crippen LogP contribution is -1.95. The zero-order valence-electron chi connectivity index (χ0n) is 7.53. The third kappa shape index (κ3) is 2.39. The van der Waals surface area contributed by atoms with E-state index in [9.17, 15) is 4.79 Å². The Bertz CT molecular complexity index is 334. The first-order valence-electron chi connectivity index (χ1n) is 4.03. The molecule has 2 heteroatoms. The minimum Gasteiger partial charge on any atom is -0.211 e. The molecule has 0 aliphatic rings. The minimum atomic E-state index is -0.251. The van der Waals surface area contributed by atoms with Crippen molar-refractivity contribution in [2.45, 2.75) is 13.0 Å². The topological polar surface area (TPSA) is 29.4 Å². The van der Waals surface area contributed by atoms with E-state index in [-0.39, 0.29) is 6.04 Å². The molecule has 0 aliphatic heterocycles. The SMILES string of the molecule is C=C(C)C(N=C=O)c1ccccc1. The first-order chi connectivity index (χ1) is 6.25. The van der Waals surface area contributed by atoms with E-state index in [1.165, 1.54) is 0 Å². The Morgan fingerprint density at radius 2 is 2.08 bits per heavy atom. The van der Waals surface area contributed by atoms with Crippen LogP contribution in [0.1, 0.15) is 18.5 Å². The largest absolute Gasteiger partial charge is 0.235 e. The molecule has 1 aromatic carbocycles. The lowest BCUT2D eigenvalue weighted by atomic mass is 10.0. The van der Waals surface area contributed by atoms with Crippen molar-refractivity contribution in [1.29, 1.82) is 0 Å². The predicted molar refractivity (Wildman–Crippen MR) is 52.1 cm³/mol. The summed E-state index contributed by atoms with van der Waals surface area (Å²) in [5.41, 5.74) is 1.81. The van der Waals surface area contributed by atoms with Gasteiger partial charge in [-0.1, -0.05) is 42.5 Å². The molecule has 0 aromatic heterocycles. The molecule has 66 valence electrons. The van der Waals surface area contributed by atoms with E-state index in [0.717, 1.165) is 11.1 Å². The standard InChI is InChI=1S/C11H11NO/c1-9(2)11(12-8-13)10-6-4-3-5-7-10/h3-7,11H,1H2,2H3. The predicted octanol–water partition coefficient (Wildman–Crippen LogP) is 2.64. The summed E-state index contributed by atoms with van der Waals surface area (Å²) in [4.78, 5) is 13.8. The second-order valence-electron chi connectivity index (χ2n) is 2.88. The highest BCUT2D eigenvalue weighted by Crippen LogP contribution is 2.23. The average Bonchev–Trinajstić information content (AvgIpc) is 2.15. The van der Waals surface area contributed by atoms with Gasteiger partial charge in [-0.2, -0.15) is 4.99 Å². The van der Waals surface area contributed by atoms with Crippen molar-refractivity contribution in [2.75, 3.05) is 0 Å². The second-order valence-corrected chi connectivity index (χ2v) is 2.88. The number of nitrogens with zero attached hydrogens (tertiary/aromatic N) is 1. The molecule has 0 amide bonds. The molecule has 0 bridgehead atoms. The maximum Gasteiger partial charge on any atom is 0.235 e. The normalized spacial score (nSPS) is 11.5. The summed E-state index contributed by atoms with van der Waals surface area (Å²) in [6.45, 7) is 5.62. The van der Waals surface area contributed by atoms with E-state index in [1.807, 2.05) is 37.3 Å². The molecule has 1 rings (SSSR count). The van der Waals surface area contributed by atoms with Crippen LogP contribution in [0.3, 0.4) is 0 Å². The van der Waals surface area contributed by atoms with Gasteiger partial charge >= 0.3 is 0 Å². The molecule has 1 aromatic rings. The molecule has 0 heterocycles. The number of hydrogen-bond acceptors (Lipinski definition) is 2. The maximum absolute atomic E-state index is 10.2. The summed E-state index contributed by atoms with van der Waals surface area (Å²) < 4.78 is 0. The number of benzene rings is 1. The van der Waals surface area contributed by atoms with Crippen LogP contribution in [0.4, 0.5) is 0 Å². The first-order valence-corrected chi connectivity index (χ1v) is 4.03. The van der Waals surface area contributed by atoms with Gasteiger partial charge in [-0.3, -0.25) is 0 Å². The Kier molecular flexibility index (Phi) is 3.18. The van der Waals surface area contributed by atoms with Crippen LogP contribution >= 0.6 is 0 Å². The van der Waals surface area contributed by atoms with Gasteiger partial charge in [0.15, 0.2) is 0 Å². The average molecular weight is 173 g/mol. The zero-order chi connectivity index (χ0) is 9.68. The summed E-state index contributed by atoms with van der Waals surface area (Å²) in [7, 11) is 0. The van der Waals surface area contributed by atoms with E-state index in [1.54, 1.807) is 6.08 Å². The third-order valence-corrected chi connectivity index (χ3v) is 1.76. The van der Waals surface area contributed by atoms with Gasteiger partial charge in [0.1, 0.15) is 6.04 Å². The van der Waals surface area contributed by atoms with E-state index < -0.39 is 0 Å². The lowest BCUT2D eigenvalue weighted by Gasteiger charge is -2.09. The highest BCUT2D eigenvalue weighted by molar-refractivity contribution is 5.38. The summed E-state index contributed by atoms with van der Waals surface area (Å²) in [5.74, 6) is 0. The Balaban J connectivity index is 3.02. The van der Waals surface area contributed by atoms with Crippen molar-refractivity contribution in [1.82, 2.24) is 0 Å². The van der Waals surface area contributed by atoms with Gasteiger partial charge in [0.25, 0.3) is 0 Å². The fourth-order valence-corrected chi connectivity index (χ4v) is 1.16. The molecule has 0 radical (unpaired) electrons. The van der Waals surface area contributed by atoms with Crippen molar-refractivity contribution >= 4 is 6.08 Å². The number of isocyanates is 1. The maximum atomic E-state index is 10.2. The van der Waals surface area contributed by atoms with Crippen molar-refractivity contribution in [3.05, 3.63) is 48.0 Å². The van der Waals surface area contributed by atoms with Crippen molar-refractivity contribution in [3.63, 3.8) is 0 Å². The van der Waals surface area contributed by atoms with Gasteiger partial charge in [-0.15, -0.1) is 0 Å². The van der Waals surface area contributed by atoms with Crippen molar-refractivity contribution in [2.24, 2.45) is 4.99 Å². The quantitative estimate of drug-likeness (QED) is 0.392. The van der Waals surface area contributed by atoms with Crippen LogP contribution in [-0.2, 0) is 4.79 Å². The van der Waals surface area contributed by atoms with Crippen LogP contribution in [0.15, 0.2) is 47.5 Å². The first kappa shape index (κ1) is 9.43. The molecule has 0 fully saturated rings. The highest BCUT2D eigenvalue weighted by atomic mass is 16.1. The highest BCUT2D eigenvalue weighted by Gasteiger charge is 2.08. The molecule has 0 saturated carbocycles. The monoisotopic (exact) mass is 173 g/mol. The fraction of sp³-hybridized carbons (Fsp3) is 0.182. The molecule has 1 unspecified atom stereocenters. The van der Waals surface area contributed by atoms with E-state index in [2.05, 4.69) is 11.6 Å². The molecule has 0 aliphatic carbocycles. The van der Waals surface area contributed by atoms with Gasteiger partial charge in [-0.25, -0.2) is 4.79 Å². The summed E-state index contributed by atoms with van der Waals surface area (Å²) in [6, 6.07) is 9.32. The van der Waals surface area contributed by atoms with E-state index in [4.69, 9.17) is 0 Å². The van der Waals surface area contributed by atoms with Crippen molar-refractivity contribution < 1.29 is 4.79 Å². The fourth-order valence-electron chi connectivity index (χ4n) is 1.16. The minimum absolute atomic E-state index is 0.251. The molecule has 2 nitrogen and oxygen atoms in total. The number of rotatable bonds is 3. The molecular formula is C11H11NO. The number of carbonyl (C=O) groups excluding carboxylic acids is 1. The van der Waals surface area contributed by atoms with Gasteiger partial charge in [0.2, 0.25) is 6.08 Å². The van der Waals surface area contributed by atoms with Crippen molar-refractivity contribution in [3.8, 4) is 0 Å². The summed E-state index contributed by atoms with van der Waals surface area (Å²) >= 11 is 0. The van der Waals surface area contributed by atoms with Crippen LogP contribution in [0.2, 0.25) is 0 Å². The van der Waals surface area contributed by atoms with Crippen LogP contribution in [0, 0.1) is 0 Å². The Morgan fingerprint density at radius 1 is 1.46 bits per heavy atom. The number of hydrogen-bond donors (Lipinski definition) is 0. The van der Waals surface area contributed by atoms with Crippen LogP contribution < -0.4 is 0 Å². The van der Waals surface area contributed by atoms with Crippen LogP contribution in [0.5, 0.6) is 0 Å². The number of aliphatic imine (C=N–C) groups is 1. The van der Waals surface area contributed by atoms with Crippen LogP contribution in [-0.4, -0.2) is 6.08 Å². The van der Waals surface area contributed by atoms with Crippen LogP contribution in [0.25, 0.3) is 0 Å². The molecule has 0 saturated heterocycles. The van der Waals surface area contributed by atoms with Gasteiger partial charge in [-0.05, 0) is 12.5 Å². The van der Waals surface area contributed by atoms with E-state index in [0.29, 0.717) is 0 Å². The summed E-state index contributed by atoms with van der Waals surface area (Å²) in [6.07, 6.45) is 1.56. The molecule has 13 heavy (non-hydrogen) atoms. The molecule has 1 atom stereocenters. The molecule has 0 spiro atoms. The Hall–Kier alpha value is -1.66. The molecule has 0 N–H and O–H groups in total. The Morgan fingerprint density at radius 3 is 2.54 bits per heavy atom. The Labute approximate surface area is 77.6 Å². The third-order valence-electron chi connectivity index (χ3n) is 1.76. The zero-order valence-corrected chi connectivity index (χ0v) is 7.53. The summed E-state index contributed by atoms with van der Waals surface area (Å²) in [5, 5.41) is 0. The lowest BCUT2D eigenvalue weighted by molar-refractivity contribution is 0.560. The molecular weight excluding hydrogens is 162 g/mol. The van der Waals surface area contributed by atoms with Gasteiger partial charge in [0.05, 0.1) is 0 Å². The van der Waals surface area contributed by atoms with Gasteiger partial charge in [0, 0.05) is 0 Å². The smallest absolute Gasteiger partial charge is 0.211 e.